The molecule has 1 aromatic carbocycles. The third-order valence-electron chi connectivity index (χ3n) is 4.00. The second kappa shape index (κ2) is 11.5. The van der Waals surface area contributed by atoms with Gasteiger partial charge in [-0.2, -0.15) is 0 Å². The third kappa shape index (κ3) is 8.03. The van der Waals surface area contributed by atoms with E-state index in [1.54, 1.807) is 12.1 Å². The van der Waals surface area contributed by atoms with Gasteiger partial charge in [-0.25, -0.2) is 14.5 Å². The van der Waals surface area contributed by atoms with Gasteiger partial charge in [0.2, 0.25) is 0 Å². The Morgan fingerprint density at radius 2 is 1.72 bits per heavy atom. The van der Waals surface area contributed by atoms with E-state index >= 15 is 0 Å². The molecule has 0 spiro atoms. The van der Waals surface area contributed by atoms with Crippen LogP contribution in [0.1, 0.15) is 75.2 Å². The van der Waals surface area contributed by atoms with Gasteiger partial charge in [0.15, 0.2) is 0 Å². The number of carbonyl (C=O) groups excluding carboxylic acids is 2. The highest BCUT2D eigenvalue weighted by atomic mass is 17.5. The second-order valence-electron chi connectivity index (χ2n) is 6.28. The summed E-state index contributed by atoms with van der Waals surface area (Å²) < 4.78 is 4.94. The highest BCUT2D eigenvalue weighted by Gasteiger charge is 2.14. The van der Waals surface area contributed by atoms with E-state index in [0.29, 0.717) is 11.5 Å². The average Bonchev–Trinajstić information content (AvgIpc) is 2.61. The van der Waals surface area contributed by atoms with Crippen molar-refractivity contribution in [1.29, 1.82) is 0 Å². The van der Waals surface area contributed by atoms with Gasteiger partial charge in [-0.1, -0.05) is 59.1 Å². The Kier molecular flexibility index (Phi) is 9.62. The number of ether oxygens (including phenoxy) is 1. The van der Waals surface area contributed by atoms with Gasteiger partial charge in [0.25, 0.3) is 0 Å². The highest BCUT2D eigenvalue weighted by molar-refractivity contribution is 5.88. The van der Waals surface area contributed by atoms with E-state index in [4.69, 9.17) is 4.74 Å². The number of benzene rings is 1. The van der Waals surface area contributed by atoms with Gasteiger partial charge in [-0.3, -0.25) is 4.89 Å². The fraction of sp³-hybridized carbons (Fsp3) is 0.579. The number of carbonyl (C=O) groups is 2. The molecule has 0 aromatic heterocycles. The first kappa shape index (κ1) is 21.0. The lowest BCUT2D eigenvalue weighted by atomic mass is 10.0. The summed E-state index contributed by atoms with van der Waals surface area (Å²) in [5.41, 5.74) is 1.40. The molecule has 0 N–H and O–H groups in total. The van der Waals surface area contributed by atoms with Crippen LogP contribution in [0.15, 0.2) is 24.3 Å². The molecule has 0 bridgehead atoms. The summed E-state index contributed by atoms with van der Waals surface area (Å²) in [5.74, 6) is -0.101. The van der Waals surface area contributed by atoms with Crippen LogP contribution in [0.5, 0.6) is 0 Å². The van der Waals surface area contributed by atoms with Crippen molar-refractivity contribution in [2.24, 2.45) is 5.92 Å². The van der Waals surface area contributed by atoms with Crippen LogP contribution in [0.3, 0.4) is 0 Å². The molecule has 0 aliphatic rings. The number of hydrogen-bond acceptors (Lipinski definition) is 6. The summed E-state index contributed by atoms with van der Waals surface area (Å²) in [7, 11) is 0. The minimum atomic E-state index is -1.03. The van der Waals surface area contributed by atoms with Crippen LogP contribution in [0, 0.1) is 5.92 Å². The normalized spacial score (nSPS) is 11.9. The summed E-state index contributed by atoms with van der Waals surface area (Å²) >= 11 is 0. The smallest absolute Gasteiger partial charge is 0.432 e. The van der Waals surface area contributed by atoms with Crippen molar-refractivity contribution in [2.45, 2.75) is 59.3 Å². The van der Waals surface area contributed by atoms with Crippen molar-refractivity contribution in [1.82, 2.24) is 0 Å². The quantitative estimate of drug-likeness (QED) is 0.328. The molecule has 0 saturated carbocycles. The Morgan fingerprint density at radius 3 is 2.28 bits per heavy atom. The first-order chi connectivity index (χ1) is 12.0. The van der Waals surface area contributed by atoms with Crippen LogP contribution < -0.4 is 0 Å². The molecule has 1 rings (SSSR count). The van der Waals surface area contributed by atoms with Crippen molar-refractivity contribution < 1.29 is 29.1 Å². The van der Waals surface area contributed by atoms with Gasteiger partial charge in [0, 0.05) is 0 Å². The van der Waals surface area contributed by atoms with Gasteiger partial charge < -0.3 is 4.74 Å². The number of unbranched alkanes of at least 4 members (excludes halogenated alkanes) is 1. The summed E-state index contributed by atoms with van der Waals surface area (Å²) in [6.45, 7) is 8.52. The Bertz CT molecular complexity index is 523. The van der Waals surface area contributed by atoms with E-state index in [1.165, 1.54) is 0 Å². The minimum Gasteiger partial charge on any atom is -0.432 e. The van der Waals surface area contributed by atoms with Crippen molar-refractivity contribution >= 4 is 12.1 Å². The van der Waals surface area contributed by atoms with Crippen LogP contribution >= 0.6 is 0 Å². The molecular formula is C19H28O6. The molecule has 0 aliphatic carbocycles. The first-order valence-corrected chi connectivity index (χ1v) is 8.80. The van der Waals surface area contributed by atoms with E-state index in [2.05, 4.69) is 35.6 Å². The maximum Gasteiger partial charge on any atom is 0.543 e. The zero-order valence-electron chi connectivity index (χ0n) is 15.4. The highest BCUT2D eigenvalue weighted by Crippen LogP contribution is 2.15. The lowest BCUT2D eigenvalue weighted by Crippen LogP contribution is -2.16. The Labute approximate surface area is 149 Å². The number of hydrogen-bond donors (Lipinski definition) is 0. The monoisotopic (exact) mass is 352 g/mol. The van der Waals surface area contributed by atoms with Crippen molar-refractivity contribution in [2.75, 3.05) is 6.61 Å². The van der Waals surface area contributed by atoms with E-state index in [-0.39, 0.29) is 12.5 Å². The zero-order valence-corrected chi connectivity index (χ0v) is 15.4. The number of rotatable bonds is 10. The van der Waals surface area contributed by atoms with Crippen molar-refractivity contribution in [3.8, 4) is 0 Å². The Morgan fingerprint density at radius 1 is 1.04 bits per heavy atom. The fourth-order valence-electron chi connectivity index (χ4n) is 2.24. The lowest BCUT2D eigenvalue weighted by Gasteiger charge is -2.13. The summed E-state index contributed by atoms with van der Waals surface area (Å²) in [6.07, 6.45) is 3.05. The second-order valence-corrected chi connectivity index (χ2v) is 6.28. The van der Waals surface area contributed by atoms with Crippen LogP contribution in [0.4, 0.5) is 4.79 Å². The van der Waals surface area contributed by atoms with Crippen molar-refractivity contribution in [3.05, 3.63) is 35.4 Å². The minimum absolute atomic E-state index is 0.253. The topological polar surface area (TPSA) is 71.1 Å². The van der Waals surface area contributed by atoms with Gasteiger partial charge in [-0.15, -0.1) is 0 Å². The standard InChI is InChI=1S/C19H28O6/c1-5-7-8-15(6-2)13-22-19(21)24-25-23-18(20)17-11-9-16(10-12-17)14(3)4/h9-12,14-15H,5-8,13H2,1-4H3. The van der Waals surface area contributed by atoms with Crippen molar-refractivity contribution in [3.63, 3.8) is 0 Å². The molecule has 1 atom stereocenters. The Hall–Kier alpha value is -2.08. The summed E-state index contributed by atoms with van der Waals surface area (Å²) in [4.78, 5) is 31.9. The van der Waals surface area contributed by atoms with Gasteiger partial charge in [-0.05, 0) is 36.0 Å². The van der Waals surface area contributed by atoms with Crippen LogP contribution in [-0.2, 0) is 19.6 Å². The summed E-state index contributed by atoms with van der Waals surface area (Å²) in [6, 6.07) is 6.91. The molecule has 0 heterocycles. The SMILES string of the molecule is CCCCC(CC)COC(=O)OOOC(=O)c1ccc(C(C)C)cc1. The molecule has 0 saturated heterocycles. The molecule has 0 amide bonds. The molecule has 25 heavy (non-hydrogen) atoms. The Balaban J connectivity index is 2.29. The van der Waals surface area contributed by atoms with E-state index in [1.807, 2.05) is 19.1 Å². The van der Waals surface area contributed by atoms with E-state index in [0.717, 1.165) is 31.2 Å². The average molecular weight is 352 g/mol. The lowest BCUT2D eigenvalue weighted by molar-refractivity contribution is -0.452. The zero-order chi connectivity index (χ0) is 18.7. The molecular weight excluding hydrogens is 324 g/mol. The predicted molar refractivity (Wildman–Crippen MR) is 92.8 cm³/mol. The van der Waals surface area contributed by atoms with Crippen LogP contribution in [-0.4, -0.2) is 18.7 Å². The van der Waals surface area contributed by atoms with Crippen LogP contribution in [0.2, 0.25) is 0 Å². The van der Waals surface area contributed by atoms with E-state index < -0.39 is 12.1 Å². The summed E-state index contributed by atoms with van der Waals surface area (Å²) in [5, 5.41) is 4.21. The molecule has 6 nitrogen and oxygen atoms in total. The molecule has 6 heteroatoms. The third-order valence-corrected chi connectivity index (χ3v) is 4.00. The molecule has 1 aromatic rings. The largest absolute Gasteiger partial charge is 0.543 e. The van der Waals surface area contributed by atoms with Gasteiger partial charge in [0.1, 0.15) is 0 Å². The predicted octanol–water partition coefficient (Wildman–Crippen LogP) is 5.18. The molecule has 0 fully saturated rings. The molecule has 0 aliphatic heterocycles. The van der Waals surface area contributed by atoms with Crippen LogP contribution in [0.25, 0.3) is 0 Å². The van der Waals surface area contributed by atoms with Gasteiger partial charge in [0.05, 0.1) is 17.2 Å². The fourth-order valence-corrected chi connectivity index (χ4v) is 2.24. The molecule has 140 valence electrons. The first-order valence-electron chi connectivity index (χ1n) is 8.80. The van der Waals surface area contributed by atoms with E-state index in [9.17, 15) is 9.59 Å². The maximum absolute atomic E-state index is 11.8. The molecule has 1 unspecified atom stereocenters. The maximum atomic E-state index is 11.8. The van der Waals surface area contributed by atoms with Gasteiger partial charge >= 0.3 is 12.1 Å². The molecule has 0 radical (unpaired) electrons.